The van der Waals surface area contributed by atoms with Gasteiger partial charge in [-0.25, -0.2) is 4.39 Å². The quantitative estimate of drug-likeness (QED) is 0.626. The fourth-order valence-corrected chi connectivity index (χ4v) is 1.25. The van der Waals surface area contributed by atoms with Crippen molar-refractivity contribution in [3.8, 4) is 0 Å². The van der Waals surface area contributed by atoms with Gasteiger partial charge in [0.1, 0.15) is 6.04 Å². The highest BCUT2D eigenvalue weighted by atomic mass is 19.3. The van der Waals surface area contributed by atoms with Gasteiger partial charge in [0.25, 0.3) is 0 Å². The Morgan fingerprint density at radius 1 is 0.857 bits per heavy atom. The lowest BCUT2D eigenvalue weighted by molar-refractivity contribution is -0.286. The topological polar surface area (TPSA) is 26.0 Å². The third kappa shape index (κ3) is 0.850. The van der Waals surface area contributed by atoms with Crippen molar-refractivity contribution in [2.75, 3.05) is 0 Å². The first kappa shape index (κ1) is 11.5. The van der Waals surface area contributed by atoms with Gasteiger partial charge in [0.15, 0.2) is 5.67 Å². The molecule has 0 saturated heterocycles. The molecule has 1 aliphatic carbocycles. The lowest BCUT2D eigenvalue weighted by Crippen LogP contribution is -2.51. The Labute approximate surface area is 74.1 Å². The number of alkyl halides is 7. The average molecular weight is 225 g/mol. The summed E-state index contributed by atoms with van der Waals surface area (Å²) in [5.41, 5.74) is 0.218. The van der Waals surface area contributed by atoms with Crippen LogP contribution in [-0.2, 0) is 0 Å². The summed E-state index contributed by atoms with van der Waals surface area (Å²) < 4.78 is 87.9. The maximum atomic E-state index is 12.9. The summed E-state index contributed by atoms with van der Waals surface area (Å²) in [6, 6.07) is -3.24. The molecule has 2 N–H and O–H groups in total. The number of nitrogens with two attached hydrogens (primary N) is 1. The van der Waals surface area contributed by atoms with Gasteiger partial charge < -0.3 is 5.73 Å². The van der Waals surface area contributed by atoms with Crippen LogP contribution in [0.15, 0.2) is 0 Å². The molecule has 0 amide bonds. The Morgan fingerprint density at radius 3 is 1.29 bits per heavy atom. The second-order valence-electron chi connectivity index (χ2n) is 3.33. The van der Waals surface area contributed by atoms with Crippen molar-refractivity contribution < 1.29 is 30.7 Å². The van der Waals surface area contributed by atoms with Crippen molar-refractivity contribution in [1.29, 1.82) is 0 Å². The Bertz CT molecular complexity index is 233. The third-order valence-electron chi connectivity index (χ3n) is 2.40. The van der Waals surface area contributed by atoms with E-state index in [4.69, 9.17) is 0 Å². The van der Waals surface area contributed by atoms with Gasteiger partial charge in [-0.05, 0) is 6.92 Å². The molecule has 0 radical (unpaired) electrons. The van der Waals surface area contributed by atoms with Gasteiger partial charge in [0.2, 0.25) is 0 Å². The largest absolute Gasteiger partial charge is 0.377 e. The Kier molecular flexibility index (Phi) is 1.93. The zero-order valence-corrected chi connectivity index (χ0v) is 6.80. The van der Waals surface area contributed by atoms with E-state index in [0.717, 1.165) is 0 Å². The second-order valence-corrected chi connectivity index (χ2v) is 3.33. The van der Waals surface area contributed by atoms with E-state index in [9.17, 15) is 30.7 Å². The van der Waals surface area contributed by atoms with Crippen LogP contribution in [0.2, 0.25) is 0 Å². The normalized spacial score (nSPS) is 43.9. The van der Waals surface area contributed by atoms with Crippen molar-refractivity contribution >= 4 is 0 Å². The first-order chi connectivity index (χ1) is 5.90. The number of rotatable bonds is 0. The maximum Gasteiger partial charge on any atom is 0.377 e. The van der Waals surface area contributed by atoms with E-state index in [1.54, 1.807) is 0 Å². The molecule has 0 spiro atoms. The molecule has 1 saturated carbocycles. The highest BCUT2D eigenvalue weighted by molar-refractivity contribution is 5.22. The molecule has 14 heavy (non-hydrogen) atoms. The fourth-order valence-electron chi connectivity index (χ4n) is 1.25. The van der Waals surface area contributed by atoms with Crippen molar-refractivity contribution in [3.63, 3.8) is 0 Å². The van der Waals surface area contributed by atoms with E-state index in [2.05, 4.69) is 5.73 Å². The SMILES string of the molecule is CC1(F)C(N)C(F)(F)C(F)(F)C1(F)F. The van der Waals surface area contributed by atoms with E-state index < -0.39 is 29.5 Å². The molecule has 1 fully saturated rings. The molecule has 0 aromatic heterocycles. The third-order valence-corrected chi connectivity index (χ3v) is 2.40. The lowest BCUT2D eigenvalue weighted by atomic mass is 10.00. The van der Waals surface area contributed by atoms with E-state index in [0.29, 0.717) is 0 Å². The second kappa shape index (κ2) is 2.34. The number of hydrogen-bond acceptors (Lipinski definition) is 1. The standard InChI is InChI=1S/C6H6F7N/c1-3(7)2(14)4(8,9)6(12,13)5(3,10)11/h2H,14H2,1H3. The highest BCUT2D eigenvalue weighted by Gasteiger charge is 2.89. The monoisotopic (exact) mass is 225 g/mol. The smallest absolute Gasteiger partial charge is 0.320 e. The summed E-state index contributed by atoms with van der Waals surface area (Å²) in [5.74, 6) is -16.5. The van der Waals surface area contributed by atoms with Crippen LogP contribution in [-0.4, -0.2) is 29.5 Å². The molecule has 2 atom stereocenters. The van der Waals surface area contributed by atoms with Crippen molar-refractivity contribution in [2.45, 2.75) is 36.4 Å². The first-order valence-corrected chi connectivity index (χ1v) is 3.48. The number of hydrogen-bond donors (Lipinski definition) is 1. The summed E-state index contributed by atoms with van der Waals surface area (Å²) >= 11 is 0. The molecule has 0 bridgehead atoms. The maximum absolute atomic E-state index is 12.9. The minimum atomic E-state index is -5.77. The molecular weight excluding hydrogens is 219 g/mol. The summed E-state index contributed by atoms with van der Waals surface area (Å²) in [7, 11) is 0. The van der Waals surface area contributed by atoms with Crippen LogP contribution in [0.3, 0.4) is 0 Å². The molecule has 84 valence electrons. The summed E-state index contributed by atoms with van der Waals surface area (Å²) in [6.07, 6.45) is 0. The molecule has 0 heterocycles. The van der Waals surface area contributed by atoms with Gasteiger partial charge >= 0.3 is 17.8 Å². The molecule has 0 aliphatic heterocycles. The number of halogens is 7. The molecule has 1 rings (SSSR count). The minimum absolute atomic E-state index is 0.0630. The Balaban J connectivity index is 3.38. The fraction of sp³-hybridized carbons (Fsp3) is 1.00. The predicted molar refractivity (Wildman–Crippen MR) is 32.3 cm³/mol. The van der Waals surface area contributed by atoms with Gasteiger partial charge in [0, 0.05) is 0 Å². The molecule has 1 nitrogen and oxygen atoms in total. The van der Waals surface area contributed by atoms with Crippen LogP contribution >= 0.6 is 0 Å². The van der Waals surface area contributed by atoms with Crippen molar-refractivity contribution in [1.82, 2.24) is 0 Å². The Hall–Kier alpha value is -0.530. The lowest BCUT2D eigenvalue weighted by Gasteiger charge is -2.26. The van der Waals surface area contributed by atoms with Crippen LogP contribution in [0, 0.1) is 0 Å². The van der Waals surface area contributed by atoms with Crippen molar-refractivity contribution in [2.24, 2.45) is 5.73 Å². The van der Waals surface area contributed by atoms with E-state index in [1.807, 2.05) is 0 Å². The minimum Gasteiger partial charge on any atom is -0.320 e. The Morgan fingerprint density at radius 2 is 1.21 bits per heavy atom. The van der Waals surface area contributed by atoms with Crippen LogP contribution < -0.4 is 5.73 Å². The van der Waals surface area contributed by atoms with Gasteiger partial charge in [-0.3, -0.25) is 0 Å². The van der Waals surface area contributed by atoms with Crippen molar-refractivity contribution in [3.05, 3.63) is 0 Å². The summed E-state index contributed by atoms with van der Waals surface area (Å²) in [6.45, 7) is -0.0630. The van der Waals surface area contributed by atoms with E-state index >= 15 is 0 Å². The van der Waals surface area contributed by atoms with Crippen LogP contribution in [0.4, 0.5) is 30.7 Å². The molecule has 1 aliphatic rings. The molecule has 8 heteroatoms. The predicted octanol–water partition coefficient (Wildman–Crippen LogP) is 1.96. The zero-order chi connectivity index (χ0) is 11.6. The molecule has 0 aromatic carbocycles. The summed E-state index contributed by atoms with van der Waals surface area (Å²) in [5, 5.41) is 0. The van der Waals surface area contributed by atoms with Gasteiger partial charge in [0.05, 0.1) is 0 Å². The van der Waals surface area contributed by atoms with Crippen LogP contribution in [0.5, 0.6) is 0 Å². The van der Waals surface area contributed by atoms with Gasteiger partial charge in [-0.2, -0.15) is 26.3 Å². The van der Waals surface area contributed by atoms with Crippen LogP contribution in [0.25, 0.3) is 0 Å². The molecule has 2 unspecified atom stereocenters. The summed E-state index contributed by atoms with van der Waals surface area (Å²) in [4.78, 5) is 0. The highest BCUT2D eigenvalue weighted by Crippen LogP contribution is 2.61. The van der Waals surface area contributed by atoms with Gasteiger partial charge in [-0.1, -0.05) is 0 Å². The van der Waals surface area contributed by atoms with Gasteiger partial charge in [-0.15, -0.1) is 0 Å². The van der Waals surface area contributed by atoms with Crippen LogP contribution in [0.1, 0.15) is 6.92 Å². The first-order valence-electron chi connectivity index (χ1n) is 3.48. The molecular formula is C6H6F7N. The molecule has 0 aromatic rings. The zero-order valence-electron chi connectivity index (χ0n) is 6.80. The van der Waals surface area contributed by atoms with E-state index in [-0.39, 0.29) is 6.92 Å². The average Bonchev–Trinajstić information content (AvgIpc) is 2.05. The van der Waals surface area contributed by atoms with E-state index in [1.165, 1.54) is 0 Å².